The van der Waals surface area contributed by atoms with Crippen LogP contribution in [0.5, 0.6) is 0 Å². The fourth-order valence-electron chi connectivity index (χ4n) is 3.96. The van der Waals surface area contributed by atoms with Crippen LogP contribution in [0.15, 0.2) is 24.3 Å². The molecule has 0 saturated heterocycles. The fraction of sp³-hybridized carbons (Fsp3) is 0.571. The van der Waals surface area contributed by atoms with Crippen molar-refractivity contribution in [2.24, 2.45) is 5.92 Å². The Balaban J connectivity index is 2.61. The maximum Gasteiger partial charge on any atom is 0.314 e. The van der Waals surface area contributed by atoms with E-state index >= 15 is 0 Å². The summed E-state index contributed by atoms with van der Waals surface area (Å²) in [7, 11) is 0. The molecule has 0 aromatic heterocycles. The fourth-order valence-corrected chi connectivity index (χ4v) is 3.96. The topological polar surface area (TPSA) is 71.4 Å². The molecule has 0 radical (unpaired) electrons. The van der Waals surface area contributed by atoms with Gasteiger partial charge in [-0.05, 0) is 43.2 Å². The molecule has 2 aliphatic rings. The number of aliphatic carboxylic acids is 1. The first kappa shape index (κ1) is 19.4. The van der Waals surface area contributed by atoms with Gasteiger partial charge in [0, 0.05) is 6.42 Å². The molecule has 4 nitrogen and oxygen atoms in total. The zero-order valence-corrected chi connectivity index (χ0v) is 15.2. The van der Waals surface area contributed by atoms with Crippen molar-refractivity contribution in [3.63, 3.8) is 0 Å². The van der Waals surface area contributed by atoms with Gasteiger partial charge in [0.2, 0.25) is 0 Å². The second-order valence-electron chi connectivity index (χ2n) is 7.03. The lowest BCUT2D eigenvalue weighted by atomic mass is 9.65. The molecule has 1 aromatic carbocycles. The predicted octanol–water partition coefficient (Wildman–Crippen LogP) is 4.09. The maximum atomic E-state index is 13.4. The molecule has 4 heteroatoms. The number of fused-ring (bicyclic) bond motifs is 7. The van der Waals surface area contributed by atoms with Gasteiger partial charge in [-0.3, -0.25) is 14.4 Å². The van der Waals surface area contributed by atoms with Crippen molar-refractivity contribution in [2.45, 2.75) is 70.6 Å². The Morgan fingerprint density at radius 2 is 1.72 bits per heavy atom. The molecule has 0 spiro atoms. The summed E-state index contributed by atoms with van der Waals surface area (Å²) in [6.45, 7) is 3.80. The van der Waals surface area contributed by atoms with E-state index in [-0.39, 0.29) is 12.2 Å². The van der Waals surface area contributed by atoms with Gasteiger partial charge in [0.05, 0.1) is 0 Å². The highest BCUT2D eigenvalue weighted by Gasteiger charge is 2.49. The van der Waals surface area contributed by atoms with Gasteiger partial charge in [0.25, 0.3) is 0 Å². The number of Topliss-reactive ketones (excluding diaryl/α,β-unsaturated/α-hetero) is 2. The third-order valence-corrected chi connectivity index (χ3v) is 5.28. The van der Waals surface area contributed by atoms with Gasteiger partial charge in [0.15, 0.2) is 11.6 Å². The molecule has 2 unspecified atom stereocenters. The highest BCUT2D eigenvalue weighted by atomic mass is 16.4. The standard InChI is InChI=1S/C21H28O4/c1-3-7-17(20(24)25)19(23)21(14-4-2)16-12-10-15(11-13-16)8-5-6-9-18(21)22/h10-13,17H,3-9,14H2,1-2H3,(H,24,25). The number of carbonyl (C=O) groups excluding carboxylic acids is 2. The van der Waals surface area contributed by atoms with Crippen LogP contribution in [0.25, 0.3) is 0 Å². The van der Waals surface area contributed by atoms with Crippen molar-refractivity contribution >= 4 is 17.5 Å². The van der Waals surface area contributed by atoms with Crippen LogP contribution in [0.3, 0.4) is 0 Å². The van der Waals surface area contributed by atoms with Crippen LogP contribution in [0.2, 0.25) is 0 Å². The van der Waals surface area contributed by atoms with Crippen molar-refractivity contribution in [3.8, 4) is 0 Å². The van der Waals surface area contributed by atoms with Crippen molar-refractivity contribution in [3.05, 3.63) is 35.4 Å². The minimum absolute atomic E-state index is 0.114. The summed E-state index contributed by atoms with van der Waals surface area (Å²) in [5.74, 6) is -2.79. The zero-order valence-electron chi connectivity index (χ0n) is 15.2. The summed E-state index contributed by atoms with van der Waals surface area (Å²) >= 11 is 0. The van der Waals surface area contributed by atoms with Gasteiger partial charge in [-0.25, -0.2) is 0 Å². The summed E-state index contributed by atoms with van der Waals surface area (Å²) < 4.78 is 0. The third kappa shape index (κ3) is 3.83. The third-order valence-electron chi connectivity index (χ3n) is 5.28. The number of benzene rings is 1. The van der Waals surface area contributed by atoms with E-state index in [1.165, 1.54) is 5.56 Å². The molecule has 0 aliphatic heterocycles. The quantitative estimate of drug-likeness (QED) is 0.756. The monoisotopic (exact) mass is 344 g/mol. The normalized spacial score (nSPS) is 21.8. The zero-order chi connectivity index (χ0) is 18.4. The average Bonchev–Trinajstić information content (AvgIpc) is 2.60. The number of carbonyl (C=O) groups is 3. The average molecular weight is 344 g/mol. The molecule has 0 amide bonds. The second-order valence-corrected chi connectivity index (χ2v) is 7.03. The highest BCUT2D eigenvalue weighted by molar-refractivity contribution is 6.17. The van der Waals surface area contributed by atoms with Crippen molar-refractivity contribution in [1.29, 1.82) is 0 Å². The molecule has 25 heavy (non-hydrogen) atoms. The van der Waals surface area contributed by atoms with E-state index in [1.807, 2.05) is 38.1 Å². The van der Waals surface area contributed by atoms with E-state index < -0.39 is 23.1 Å². The van der Waals surface area contributed by atoms with Crippen LogP contribution in [-0.4, -0.2) is 22.6 Å². The SMILES string of the molecule is CCCC(C(=O)O)C(=O)C1(CCC)C(=O)CCCCc2ccc1cc2. The van der Waals surface area contributed by atoms with Crippen molar-refractivity contribution in [2.75, 3.05) is 0 Å². The Morgan fingerprint density at radius 1 is 1.08 bits per heavy atom. The molecule has 2 aliphatic carbocycles. The number of aryl methyl sites for hydroxylation is 1. The van der Waals surface area contributed by atoms with E-state index in [1.54, 1.807) is 0 Å². The molecule has 136 valence electrons. The first-order valence-corrected chi connectivity index (χ1v) is 9.37. The molecule has 1 N–H and O–H groups in total. The molecule has 2 bridgehead atoms. The van der Waals surface area contributed by atoms with E-state index in [9.17, 15) is 19.5 Å². The number of hydrogen-bond acceptors (Lipinski definition) is 3. The summed E-state index contributed by atoms with van der Waals surface area (Å²) in [6, 6.07) is 7.66. The lowest BCUT2D eigenvalue weighted by molar-refractivity contribution is -0.150. The molecular weight excluding hydrogens is 316 g/mol. The van der Waals surface area contributed by atoms with E-state index in [0.717, 1.165) is 19.3 Å². The maximum absolute atomic E-state index is 13.4. The van der Waals surface area contributed by atoms with Crippen molar-refractivity contribution < 1.29 is 19.5 Å². The summed E-state index contributed by atoms with van der Waals surface area (Å²) in [4.78, 5) is 38.3. The van der Waals surface area contributed by atoms with Crippen LogP contribution in [0.4, 0.5) is 0 Å². The first-order chi connectivity index (χ1) is 12.0. The molecule has 1 aromatic rings. The van der Waals surface area contributed by atoms with Crippen LogP contribution in [0, 0.1) is 5.92 Å². The molecular formula is C21H28O4. The van der Waals surface area contributed by atoms with E-state index in [0.29, 0.717) is 31.2 Å². The molecule has 0 fully saturated rings. The summed E-state index contributed by atoms with van der Waals surface area (Å²) in [5, 5.41) is 9.59. The van der Waals surface area contributed by atoms with Crippen LogP contribution >= 0.6 is 0 Å². The minimum Gasteiger partial charge on any atom is -0.481 e. The Labute approximate surface area is 149 Å². The Morgan fingerprint density at radius 3 is 2.28 bits per heavy atom. The van der Waals surface area contributed by atoms with Gasteiger partial charge in [-0.15, -0.1) is 0 Å². The number of ketones is 2. The predicted molar refractivity (Wildman–Crippen MR) is 96.6 cm³/mol. The lowest BCUT2D eigenvalue weighted by Crippen LogP contribution is -2.48. The number of carboxylic acid groups (broad SMARTS) is 1. The Bertz CT molecular complexity index is 632. The van der Waals surface area contributed by atoms with Crippen LogP contribution in [-0.2, 0) is 26.2 Å². The lowest BCUT2D eigenvalue weighted by Gasteiger charge is -2.34. The van der Waals surface area contributed by atoms with Crippen molar-refractivity contribution in [1.82, 2.24) is 0 Å². The van der Waals surface area contributed by atoms with Gasteiger partial charge >= 0.3 is 5.97 Å². The Hall–Kier alpha value is -1.97. The minimum atomic E-state index is -1.32. The van der Waals surface area contributed by atoms with Crippen LogP contribution in [0.1, 0.15) is 69.9 Å². The van der Waals surface area contributed by atoms with Gasteiger partial charge in [-0.1, -0.05) is 51.0 Å². The number of rotatable bonds is 7. The second kappa shape index (κ2) is 8.41. The Kier molecular flexibility index (Phi) is 6.51. The molecule has 0 heterocycles. The molecule has 0 saturated carbocycles. The number of hydrogen-bond donors (Lipinski definition) is 1. The highest BCUT2D eigenvalue weighted by Crippen LogP contribution is 2.38. The molecule has 3 rings (SSSR count). The van der Waals surface area contributed by atoms with Gasteiger partial charge in [-0.2, -0.15) is 0 Å². The summed E-state index contributed by atoms with van der Waals surface area (Å²) in [5.41, 5.74) is 0.541. The summed E-state index contributed by atoms with van der Waals surface area (Å²) in [6.07, 6.45) is 4.79. The largest absolute Gasteiger partial charge is 0.481 e. The number of carboxylic acids is 1. The van der Waals surface area contributed by atoms with Gasteiger partial charge < -0.3 is 5.11 Å². The smallest absolute Gasteiger partial charge is 0.314 e. The van der Waals surface area contributed by atoms with E-state index in [4.69, 9.17) is 0 Å². The van der Waals surface area contributed by atoms with Gasteiger partial charge in [0.1, 0.15) is 11.3 Å². The van der Waals surface area contributed by atoms with Crippen LogP contribution < -0.4 is 0 Å². The first-order valence-electron chi connectivity index (χ1n) is 9.37. The molecule has 2 atom stereocenters. The van der Waals surface area contributed by atoms with E-state index in [2.05, 4.69) is 0 Å².